The molecule has 1 heterocycles. The SMILES string of the molecule is COCCCNC(C)c1cnccn1. The van der Waals surface area contributed by atoms with Crippen LogP contribution in [0.5, 0.6) is 0 Å². The Morgan fingerprint density at radius 3 is 3.00 bits per heavy atom. The van der Waals surface area contributed by atoms with Crippen molar-refractivity contribution in [1.29, 1.82) is 0 Å². The van der Waals surface area contributed by atoms with E-state index in [4.69, 9.17) is 4.74 Å². The number of nitrogens with zero attached hydrogens (tertiary/aromatic N) is 2. The fourth-order valence-corrected chi connectivity index (χ4v) is 1.17. The monoisotopic (exact) mass is 195 g/mol. The second-order valence-electron chi connectivity index (χ2n) is 3.15. The van der Waals surface area contributed by atoms with E-state index in [0.29, 0.717) is 0 Å². The smallest absolute Gasteiger partial charge is 0.0753 e. The molecule has 1 atom stereocenters. The van der Waals surface area contributed by atoms with Crippen molar-refractivity contribution in [3.8, 4) is 0 Å². The van der Waals surface area contributed by atoms with Crippen molar-refractivity contribution < 1.29 is 4.74 Å². The predicted molar refractivity (Wildman–Crippen MR) is 54.9 cm³/mol. The molecule has 0 saturated carbocycles. The van der Waals surface area contributed by atoms with E-state index < -0.39 is 0 Å². The summed E-state index contributed by atoms with van der Waals surface area (Å²) in [5.41, 5.74) is 0.977. The van der Waals surface area contributed by atoms with Gasteiger partial charge in [0.25, 0.3) is 0 Å². The predicted octanol–water partition coefficient (Wildman–Crippen LogP) is 1.16. The zero-order valence-electron chi connectivity index (χ0n) is 8.73. The first-order valence-electron chi connectivity index (χ1n) is 4.83. The fraction of sp³-hybridized carbons (Fsp3) is 0.600. The van der Waals surface area contributed by atoms with Crippen LogP contribution in [0.1, 0.15) is 25.1 Å². The number of nitrogens with one attached hydrogen (secondary N) is 1. The molecule has 1 aromatic heterocycles. The van der Waals surface area contributed by atoms with Gasteiger partial charge in [-0.1, -0.05) is 0 Å². The van der Waals surface area contributed by atoms with Gasteiger partial charge in [-0.05, 0) is 19.9 Å². The Labute approximate surface area is 84.7 Å². The van der Waals surface area contributed by atoms with Crippen LogP contribution in [-0.4, -0.2) is 30.2 Å². The molecule has 1 rings (SSSR count). The van der Waals surface area contributed by atoms with Gasteiger partial charge in [0, 0.05) is 38.3 Å². The third-order valence-electron chi connectivity index (χ3n) is 2.00. The van der Waals surface area contributed by atoms with E-state index in [-0.39, 0.29) is 6.04 Å². The van der Waals surface area contributed by atoms with Crippen LogP contribution in [0.4, 0.5) is 0 Å². The van der Waals surface area contributed by atoms with Gasteiger partial charge in [-0.25, -0.2) is 0 Å². The van der Waals surface area contributed by atoms with Crippen LogP contribution in [0.3, 0.4) is 0 Å². The average molecular weight is 195 g/mol. The van der Waals surface area contributed by atoms with Gasteiger partial charge in [0.05, 0.1) is 5.69 Å². The molecule has 0 fully saturated rings. The van der Waals surface area contributed by atoms with Gasteiger partial charge < -0.3 is 10.1 Å². The maximum Gasteiger partial charge on any atom is 0.0753 e. The van der Waals surface area contributed by atoms with Crippen molar-refractivity contribution in [3.05, 3.63) is 24.3 Å². The lowest BCUT2D eigenvalue weighted by Crippen LogP contribution is -2.21. The van der Waals surface area contributed by atoms with Crippen molar-refractivity contribution in [1.82, 2.24) is 15.3 Å². The number of aromatic nitrogens is 2. The lowest BCUT2D eigenvalue weighted by molar-refractivity contribution is 0.193. The summed E-state index contributed by atoms with van der Waals surface area (Å²) in [5, 5.41) is 3.35. The van der Waals surface area contributed by atoms with Gasteiger partial charge in [-0.2, -0.15) is 0 Å². The maximum atomic E-state index is 4.96. The Bertz CT molecular complexity index is 240. The van der Waals surface area contributed by atoms with E-state index in [1.807, 2.05) is 0 Å². The summed E-state index contributed by atoms with van der Waals surface area (Å²) in [7, 11) is 1.71. The van der Waals surface area contributed by atoms with Crippen LogP contribution in [0.15, 0.2) is 18.6 Å². The molecule has 0 aliphatic heterocycles. The number of rotatable bonds is 6. The second-order valence-corrected chi connectivity index (χ2v) is 3.15. The second kappa shape index (κ2) is 6.45. The van der Waals surface area contributed by atoms with Crippen LogP contribution in [0.25, 0.3) is 0 Å². The van der Waals surface area contributed by atoms with Gasteiger partial charge in [0.15, 0.2) is 0 Å². The first-order chi connectivity index (χ1) is 6.84. The molecule has 0 aromatic carbocycles. The first-order valence-corrected chi connectivity index (χ1v) is 4.83. The summed E-state index contributed by atoms with van der Waals surface area (Å²) < 4.78 is 4.96. The summed E-state index contributed by atoms with van der Waals surface area (Å²) in [5.74, 6) is 0. The fourth-order valence-electron chi connectivity index (χ4n) is 1.17. The van der Waals surface area contributed by atoms with Crippen LogP contribution >= 0.6 is 0 Å². The molecule has 1 aromatic rings. The molecule has 0 amide bonds. The molecule has 14 heavy (non-hydrogen) atoms. The Balaban J connectivity index is 2.25. The molecular formula is C10H17N3O. The largest absolute Gasteiger partial charge is 0.385 e. The van der Waals surface area contributed by atoms with Gasteiger partial charge in [-0.3, -0.25) is 9.97 Å². The summed E-state index contributed by atoms with van der Waals surface area (Å²) in [4.78, 5) is 8.24. The zero-order chi connectivity index (χ0) is 10.2. The Kier molecular flexibility index (Phi) is 5.11. The average Bonchev–Trinajstić information content (AvgIpc) is 2.25. The molecule has 0 aliphatic rings. The highest BCUT2D eigenvalue weighted by atomic mass is 16.5. The molecule has 78 valence electrons. The number of hydrogen-bond donors (Lipinski definition) is 1. The molecule has 1 N–H and O–H groups in total. The van der Waals surface area contributed by atoms with Crippen LogP contribution in [0, 0.1) is 0 Å². The van der Waals surface area contributed by atoms with E-state index in [9.17, 15) is 0 Å². The van der Waals surface area contributed by atoms with Gasteiger partial charge in [0.1, 0.15) is 0 Å². The van der Waals surface area contributed by atoms with Crippen molar-refractivity contribution in [2.75, 3.05) is 20.3 Å². The number of ether oxygens (including phenoxy) is 1. The molecule has 0 bridgehead atoms. The van der Waals surface area contributed by atoms with Crippen LogP contribution in [-0.2, 0) is 4.74 Å². The summed E-state index contributed by atoms with van der Waals surface area (Å²) in [6.07, 6.45) is 6.19. The first kappa shape index (κ1) is 11.1. The van der Waals surface area contributed by atoms with Crippen LogP contribution in [0.2, 0.25) is 0 Å². The minimum atomic E-state index is 0.251. The lowest BCUT2D eigenvalue weighted by Gasteiger charge is -2.11. The van der Waals surface area contributed by atoms with Crippen molar-refractivity contribution in [2.24, 2.45) is 0 Å². The highest BCUT2D eigenvalue weighted by Crippen LogP contribution is 2.05. The van der Waals surface area contributed by atoms with E-state index >= 15 is 0 Å². The summed E-state index contributed by atoms with van der Waals surface area (Å²) >= 11 is 0. The van der Waals surface area contributed by atoms with Crippen molar-refractivity contribution in [3.63, 3.8) is 0 Å². The Hall–Kier alpha value is -1.00. The van der Waals surface area contributed by atoms with Crippen molar-refractivity contribution in [2.45, 2.75) is 19.4 Å². The molecule has 4 heteroatoms. The lowest BCUT2D eigenvalue weighted by atomic mass is 10.2. The quantitative estimate of drug-likeness (QED) is 0.692. The summed E-state index contributed by atoms with van der Waals surface area (Å²) in [6.45, 7) is 3.81. The highest BCUT2D eigenvalue weighted by Gasteiger charge is 2.04. The Morgan fingerprint density at radius 2 is 2.36 bits per heavy atom. The third kappa shape index (κ3) is 3.81. The van der Waals surface area contributed by atoms with E-state index in [1.165, 1.54) is 0 Å². The normalized spacial score (nSPS) is 12.7. The number of methoxy groups -OCH3 is 1. The summed E-state index contributed by atoms with van der Waals surface area (Å²) in [6, 6.07) is 0.251. The molecule has 0 radical (unpaired) electrons. The molecule has 1 unspecified atom stereocenters. The molecule has 4 nitrogen and oxygen atoms in total. The molecule has 0 spiro atoms. The van der Waals surface area contributed by atoms with Crippen molar-refractivity contribution >= 4 is 0 Å². The molecular weight excluding hydrogens is 178 g/mol. The van der Waals surface area contributed by atoms with E-state index in [1.54, 1.807) is 25.7 Å². The number of hydrogen-bond acceptors (Lipinski definition) is 4. The highest BCUT2D eigenvalue weighted by molar-refractivity contribution is 5.00. The topological polar surface area (TPSA) is 47.0 Å². The van der Waals surface area contributed by atoms with E-state index in [0.717, 1.165) is 25.3 Å². The standard InChI is InChI=1S/C10H17N3O/c1-9(12-4-3-7-14-2)10-8-11-5-6-13-10/h5-6,8-9,12H,3-4,7H2,1-2H3. The van der Waals surface area contributed by atoms with Gasteiger partial charge in [-0.15, -0.1) is 0 Å². The minimum Gasteiger partial charge on any atom is -0.385 e. The Morgan fingerprint density at radius 1 is 1.50 bits per heavy atom. The minimum absolute atomic E-state index is 0.251. The molecule has 0 aliphatic carbocycles. The van der Waals surface area contributed by atoms with Gasteiger partial charge >= 0.3 is 0 Å². The molecule has 0 saturated heterocycles. The van der Waals surface area contributed by atoms with E-state index in [2.05, 4.69) is 22.2 Å². The maximum absolute atomic E-state index is 4.96. The zero-order valence-corrected chi connectivity index (χ0v) is 8.73. The third-order valence-corrected chi connectivity index (χ3v) is 2.00. The van der Waals surface area contributed by atoms with Gasteiger partial charge in [0.2, 0.25) is 0 Å². The van der Waals surface area contributed by atoms with Crippen LogP contribution < -0.4 is 5.32 Å².